The van der Waals surface area contributed by atoms with Crippen LogP contribution >= 0.6 is 11.3 Å². The van der Waals surface area contributed by atoms with Crippen molar-refractivity contribution in [3.63, 3.8) is 0 Å². The molecular weight excluding hydrogens is 450 g/mol. The first-order chi connectivity index (χ1) is 16.7. The quantitative estimate of drug-likeness (QED) is 0.529. The summed E-state index contributed by atoms with van der Waals surface area (Å²) in [5.41, 5.74) is 2.42. The second-order valence-electron chi connectivity index (χ2n) is 8.99. The fourth-order valence-electron chi connectivity index (χ4n) is 4.54. The van der Waals surface area contributed by atoms with E-state index in [-0.39, 0.29) is 11.8 Å². The van der Waals surface area contributed by atoms with E-state index in [9.17, 15) is 4.79 Å². The highest BCUT2D eigenvalue weighted by Crippen LogP contribution is 2.23. The van der Waals surface area contributed by atoms with Gasteiger partial charge in [-0.1, -0.05) is 35.5 Å². The normalized spacial score (nSPS) is 19.8. The van der Waals surface area contributed by atoms with Gasteiger partial charge in [0.15, 0.2) is 0 Å². The number of piperidine rings is 1. The van der Waals surface area contributed by atoms with Gasteiger partial charge >= 0.3 is 0 Å². The lowest BCUT2D eigenvalue weighted by molar-refractivity contribution is -0.127. The van der Waals surface area contributed by atoms with Crippen molar-refractivity contribution < 1.29 is 14.1 Å². The average Bonchev–Trinajstić information content (AvgIpc) is 3.57. The van der Waals surface area contributed by atoms with E-state index in [4.69, 9.17) is 9.26 Å². The molecule has 1 aromatic carbocycles. The van der Waals surface area contributed by atoms with E-state index in [2.05, 4.69) is 49.5 Å². The van der Waals surface area contributed by atoms with E-state index in [1.165, 1.54) is 5.56 Å². The lowest BCUT2D eigenvalue weighted by Crippen LogP contribution is -2.42. The number of carbonyl (C=O) groups is 1. The maximum absolute atomic E-state index is 12.9. The molecule has 0 spiro atoms. The lowest BCUT2D eigenvalue weighted by Gasteiger charge is -2.30. The first-order valence-electron chi connectivity index (χ1n) is 12.0. The summed E-state index contributed by atoms with van der Waals surface area (Å²) in [4.78, 5) is 23.0. The molecule has 2 fully saturated rings. The van der Waals surface area contributed by atoms with Crippen molar-refractivity contribution in [2.24, 2.45) is 5.92 Å². The molecule has 4 heterocycles. The Morgan fingerprint density at radius 1 is 1.06 bits per heavy atom. The summed E-state index contributed by atoms with van der Waals surface area (Å²) in [5, 5.41) is 9.22. The van der Waals surface area contributed by atoms with Crippen LogP contribution in [0.5, 0.6) is 0 Å². The Hall–Kier alpha value is -2.59. The Kier molecular flexibility index (Phi) is 7.65. The van der Waals surface area contributed by atoms with Crippen LogP contribution in [0.4, 0.5) is 0 Å². The van der Waals surface area contributed by atoms with Gasteiger partial charge in [-0.2, -0.15) is 4.98 Å². The minimum absolute atomic E-state index is 0.0194. The number of aromatic nitrogens is 2. The molecule has 9 heteroatoms. The number of nitrogens with one attached hydrogen (secondary N) is 1. The van der Waals surface area contributed by atoms with Crippen LogP contribution in [-0.4, -0.2) is 65.2 Å². The third-order valence-corrected chi connectivity index (χ3v) is 7.31. The second kappa shape index (κ2) is 11.2. The van der Waals surface area contributed by atoms with E-state index in [0.717, 1.165) is 62.7 Å². The molecule has 2 aromatic heterocycles. The largest absolute Gasteiger partial charge is 0.379 e. The number of nitrogens with zero attached hydrogens (tertiary/aromatic N) is 4. The summed E-state index contributed by atoms with van der Waals surface area (Å²) in [6.45, 7) is 7.32. The minimum Gasteiger partial charge on any atom is -0.379 e. The number of carbonyl (C=O) groups excluding carboxylic acids is 1. The predicted octanol–water partition coefficient (Wildman–Crippen LogP) is 3.16. The molecule has 1 amide bonds. The van der Waals surface area contributed by atoms with Crippen molar-refractivity contribution in [1.82, 2.24) is 25.3 Å². The summed E-state index contributed by atoms with van der Waals surface area (Å²) in [6, 6.07) is 12.5. The van der Waals surface area contributed by atoms with Gasteiger partial charge in [-0.05, 0) is 42.0 Å². The van der Waals surface area contributed by atoms with Gasteiger partial charge in [0.1, 0.15) is 0 Å². The van der Waals surface area contributed by atoms with Gasteiger partial charge in [-0.15, -0.1) is 11.3 Å². The monoisotopic (exact) mass is 481 g/mol. The fraction of sp³-hybridized carbons (Fsp3) is 0.480. The molecule has 180 valence electrons. The first kappa shape index (κ1) is 23.2. The topological polar surface area (TPSA) is 83.7 Å². The third kappa shape index (κ3) is 6.09. The molecule has 1 unspecified atom stereocenters. The molecule has 0 saturated carbocycles. The third-order valence-electron chi connectivity index (χ3n) is 6.44. The van der Waals surface area contributed by atoms with Crippen LogP contribution in [-0.2, 0) is 29.2 Å². The van der Waals surface area contributed by atoms with Crippen molar-refractivity contribution in [2.45, 2.75) is 32.5 Å². The fourth-order valence-corrected chi connectivity index (χ4v) is 5.19. The van der Waals surface area contributed by atoms with Crippen molar-refractivity contribution in [3.8, 4) is 10.7 Å². The molecule has 8 nitrogen and oxygen atoms in total. The van der Waals surface area contributed by atoms with Gasteiger partial charge in [0.05, 0.1) is 30.6 Å². The van der Waals surface area contributed by atoms with Crippen LogP contribution in [0.2, 0.25) is 0 Å². The van der Waals surface area contributed by atoms with Gasteiger partial charge in [0.2, 0.25) is 17.6 Å². The smallest absolute Gasteiger partial charge is 0.241 e. The van der Waals surface area contributed by atoms with E-state index in [1.54, 1.807) is 11.3 Å². The predicted molar refractivity (Wildman–Crippen MR) is 130 cm³/mol. The number of rotatable bonds is 8. The molecule has 1 N–H and O–H groups in total. The second-order valence-corrected chi connectivity index (χ2v) is 9.93. The highest BCUT2D eigenvalue weighted by Gasteiger charge is 2.27. The van der Waals surface area contributed by atoms with E-state index in [1.807, 2.05) is 17.5 Å². The number of likely N-dealkylation sites (tertiary alicyclic amines) is 1. The van der Waals surface area contributed by atoms with Crippen molar-refractivity contribution in [1.29, 1.82) is 0 Å². The first-order valence-corrected chi connectivity index (χ1v) is 12.9. The summed E-state index contributed by atoms with van der Waals surface area (Å²) in [7, 11) is 0. The summed E-state index contributed by atoms with van der Waals surface area (Å²) >= 11 is 1.59. The van der Waals surface area contributed by atoms with Crippen molar-refractivity contribution in [2.75, 3.05) is 39.4 Å². The molecule has 2 aliphatic heterocycles. The van der Waals surface area contributed by atoms with Gasteiger partial charge in [0, 0.05) is 32.7 Å². The number of hydrogen-bond donors (Lipinski definition) is 1. The zero-order valence-electron chi connectivity index (χ0n) is 19.3. The molecule has 0 bridgehead atoms. The van der Waals surface area contributed by atoms with Crippen LogP contribution in [0.3, 0.4) is 0 Å². The Bertz CT molecular complexity index is 1050. The van der Waals surface area contributed by atoms with Crippen LogP contribution < -0.4 is 5.32 Å². The Morgan fingerprint density at radius 3 is 2.68 bits per heavy atom. The summed E-state index contributed by atoms with van der Waals surface area (Å²) in [5.74, 6) is 1.33. The van der Waals surface area contributed by atoms with Gasteiger partial charge in [0.25, 0.3) is 0 Å². The zero-order valence-corrected chi connectivity index (χ0v) is 20.1. The molecule has 2 aliphatic rings. The van der Waals surface area contributed by atoms with Crippen molar-refractivity contribution in [3.05, 3.63) is 58.8 Å². The Labute approximate surface area is 203 Å². The molecule has 1 atom stereocenters. The number of thiophene rings is 1. The lowest BCUT2D eigenvalue weighted by atomic mass is 9.97. The number of benzene rings is 1. The van der Waals surface area contributed by atoms with Gasteiger partial charge in [-0.25, -0.2) is 0 Å². The molecule has 5 rings (SSSR count). The van der Waals surface area contributed by atoms with Crippen LogP contribution in [0.1, 0.15) is 29.9 Å². The van der Waals surface area contributed by atoms with Crippen LogP contribution in [0.15, 0.2) is 46.3 Å². The van der Waals surface area contributed by atoms with Crippen LogP contribution in [0, 0.1) is 5.92 Å². The van der Waals surface area contributed by atoms with Crippen LogP contribution in [0.25, 0.3) is 10.7 Å². The highest BCUT2D eigenvalue weighted by molar-refractivity contribution is 7.13. The Morgan fingerprint density at radius 2 is 1.88 bits per heavy atom. The molecular formula is C25H31N5O3S. The van der Waals surface area contributed by atoms with Gasteiger partial charge in [-0.3, -0.25) is 14.6 Å². The maximum atomic E-state index is 12.9. The standard InChI is InChI=1S/C25H31N5O3S/c31-25(26-15-19-5-7-20(8-6-19)16-29-10-12-32-13-11-29)21-3-1-9-30(17-21)18-23-27-24(28-33-23)22-4-2-14-34-22/h2,4-8,14,21H,1,3,9-13,15-18H2,(H,26,31). The zero-order chi connectivity index (χ0) is 23.2. The number of hydrogen-bond acceptors (Lipinski definition) is 8. The van der Waals surface area contributed by atoms with E-state index in [0.29, 0.717) is 31.3 Å². The van der Waals surface area contributed by atoms with Crippen molar-refractivity contribution >= 4 is 17.2 Å². The maximum Gasteiger partial charge on any atom is 0.241 e. The summed E-state index contributed by atoms with van der Waals surface area (Å²) in [6.07, 6.45) is 1.89. The summed E-state index contributed by atoms with van der Waals surface area (Å²) < 4.78 is 10.9. The Balaban J connectivity index is 1.08. The average molecular weight is 482 g/mol. The van der Waals surface area contributed by atoms with E-state index >= 15 is 0 Å². The molecule has 34 heavy (non-hydrogen) atoms. The molecule has 0 radical (unpaired) electrons. The van der Waals surface area contributed by atoms with Gasteiger partial charge < -0.3 is 14.6 Å². The number of morpholine rings is 1. The number of ether oxygens (including phenoxy) is 1. The number of amides is 1. The SMILES string of the molecule is O=C(NCc1ccc(CN2CCOCC2)cc1)C1CCCN(Cc2nc(-c3cccs3)no2)C1. The highest BCUT2D eigenvalue weighted by atomic mass is 32.1. The minimum atomic E-state index is -0.0194. The van der Waals surface area contributed by atoms with E-state index < -0.39 is 0 Å². The molecule has 0 aliphatic carbocycles. The molecule has 2 saturated heterocycles. The molecule has 3 aromatic rings.